The Balaban J connectivity index is 1.16. The lowest BCUT2D eigenvalue weighted by Crippen LogP contribution is -2.71. The number of thiophene rings is 1. The van der Waals surface area contributed by atoms with Crippen LogP contribution in [0.25, 0.3) is 32.1 Å². The minimum Gasteiger partial charge on any atom is -0.478 e. The SMILES string of the molecule is CC(C)[C@H]1N(C(=O)n2cnc(O)n2)C[C@]12CCCCN(c1nc(OC[C@@]34CCCN3C[C@H](F)C4)nc3c(F)c(-c4ccc(F)c5sc(N)c(C#N)c45)c(Cl)cc13)C2. The Labute approximate surface area is 334 Å². The zero-order chi connectivity index (χ0) is 40.0. The molecule has 18 heteroatoms. The molecule has 0 radical (unpaired) electrons. The number of hydrogen-bond acceptors (Lipinski definition) is 12. The first-order valence-corrected chi connectivity index (χ1v) is 20.3. The van der Waals surface area contributed by atoms with Crippen molar-refractivity contribution in [1.82, 2.24) is 34.5 Å². The predicted octanol–water partition coefficient (Wildman–Crippen LogP) is 7.13. The van der Waals surface area contributed by atoms with Crippen molar-refractivity contribution in [2.45, 2.75) is 70.1 Å². The minimum atomic E-state index is -0.979. The summed E-state index contributed by atoms with van der Waals surface area (Å²) in [6.07, 6.45) is 4.66. The smallest absolute Gasteiger partial charge is 0.346 e. The van der Waals surface area contributed by atoms with Crippen molar-refractivity contribution < 1.29 is 27.8 Å². The monoisotopic (exact) mass is 820 g/mol. The van der Waals surface area contributed by atoms with Crippen LogP contribution >= 0.6 is 22.9 Å². The number of nitrogens with zero attached hydrogens (tertiary/aromatic N) is 9. The first-order chi connectivity index (χ1) is 27.3. The number of alkyl halides is 1. The molecule has 7 heterocycles. The molecule has 9 rings (SSSR count). The van der Waals surface area contributed by atoms with E-state index in [1.165, 1.54) is 18.5 Å². The van der Waals surface area contributed by atoms with Crippen molar-refractivity contribution in [1.29, 1.82) is 5.26 Å². The van der Waals surface area contributed by atoms with Crippen LogP contribution in [0.2, 0.25) is 5.02 Å². The van der Waals surface area contributed by atoms with Gasteiger partial charge in [0.25, 0.3) is 0 Å². The number of carbonyl (C=O) groups excluding carboxylic acids is 1. The van der Waals surface area contributed by atoms with Gasteiger partial charge in [-0.2, -0.15) is 24.9 Å². The third-order valence-corrected chi connectivity index (χ3v) is 13.8. The van der Waals surface area contributed by atoms with E-state index in [0.29, 0.717) is 43.8 Å². The van der Waals surface area contributed by atoms with Crippen LogP contribution in [0.3, 0.4) is 0 Å². The molecular formula is C39H40ClF3N10O3S. The van der Waals surface area contributed by atoms with Crippen LogP contribution in [-0.4, -0.2) is 103 Å². The van der Waals surface area contributed by atoms with Crippen molar-refractivity contribution in [2.24, 2.45) is 11.3 Å². The van der Waals surface area contributed by atoms with Gasteiger partial charge in [-0.25, -0.2) is 18.0 Å². The highest BCUT2D eigenvalue weighted by Gasteiger charge is 2.57. The molecule has 2 aromatic carbocycles. The van der Waals surface area contributed by atoms with Gasteiger partial charge in [-0.1, -0.05) is 37.9 Å². The van der Waals surface area contributed by atoms with Gasteiger partial charge in [-0.15, -0.1) is 16.4 Å². The maximum Gasteiger partial charge on any atom is 0.346 e. The molecule has 0 unspecified atom stereocenters. The summed E-state index contributed by atoms with van der Waals surface area (Å²) in [5, 5.41) is 24.1. The molecule has 4 atom stereocenters. The van der Waals surface area contributed by atoms with Gasteiger partial charge in [-0.05, 0) is 55.8 Å². The van der Waals surface area contributed by atoms with Crippen LogP contribution in [0.4, 0.5) is 28.8 Å². The molecule has 0 aliphatic carbocycles. The number of benzene rings is 2. The summed E-state index contributed by atoms with van der Waals surface area (Å²) < 4.78 is 54.7. The number of aromatic nitrogens is 5. The maximum atomic E-state index is 17.4. The second-order valence-corrected chi connectivity index (χ2v) is 17.7. The number of rotatable bonds is 6. The molecule has 4 aliphatic heterocycles. The van der Waals surface area contributed by atoms with Crippen molar-refractivity contribution in [3.05, 3.63) is 46.7 Å². The average molecular weight is 821 g/mol. The van der Waals surface area contributed by atoms with Gasteiger partial charge in [-0.3, -0.25) is 4.90 Å². The van der Waals surface area contributed by atoms with Gasteiger partial charge >= 0.3 is 18.1 Å². The molecule has 4 fully saturated rings. The summed E-state index contributed by atoms with van der Waals surface area (Å²) >= 11 is 7.90. The number of nitrogen functional groups attached to an aromatic ring is 1. The van der Waals surface area contributed by atoms with E-state index in [0.717, 1.165) is 54.7 Å². The fourth-order valence-corrected chi connectivity index (χ4v) is 11.5. The number of carbonyl (C=O) groups is 1. The lowest BCUT2D eigenvalue weighted by molar-refractivity contribution is -0.0649. The van der Waals surface area contributed by atoms with Crippen LogP contribution < -0.4 is 15.4 Å². The van der Waals surface area contributed by atoms with E-state index in [4.69, 9.17) is 27.1 Å². The predicted molar refractivity (Wildman–Crippen MR) is 209 cm³/mol. The van der Waals surface area contributed by atoms with Crippen LogP contribution in [-0.2, 0) is 0 Å². The van der Waals surface area contributed by atoms with Crippen LogP contribution in [0.1, 0.15) is 57.9 Å². The fourth-order valence-electron chi connectivity index (χ4n) is 10.2. The Kier molecular flexibility index (Phi) is 9.17. The van der Waals surface area contributed by atoms with Crippen molar-refractivity contribution in [3.8, 4) is 29.2 Å². The lowest BCUT2D eigenvalue weighted by Gasteiger charge is -2.59. The second-order valence-electron chi connectivity index (χ2n) is 16.2. The Bertz CT molecular complexity index is 2490. The van der Waals surface area contributed by atoms with Crippen molar-refractivity contribution >= 4 is 60.8 Å². The number of nitrogens with two attached hydrogens (primary N) is 1. The number of fused-ring (bicyclic) bond motifs is 3. The average Bonchev–Trinajstić information content (AvgIpc) is 3.89. The van der Waals surface area contributed by atoms with Gasteiger partial charge in [0.05, 0.1) is 20.8 Å². The number of anilines is 2. The van der Waals surface area contributed by atoms with E-state index >= 15 is 8.78 Å². The summed E-state index contributed by atoms with van der Waals surface area (Å²) in [5.41, 5.74) is 5.29. The van der Waals surface area contributed by atoms with E-state index in [1.807, 2.05) is 6.07 Å². The van der Waals surface area contributed by atoms with Crippen molar-refractivity contribution in [3.63, 3.8) is 0 Å². The zero-order valence-electron chi connectivity index (χ0n) is 31.3. The molecule has 57 heavy (non-hydrogen) atoms. The standard InChI is InChI=1S/C39H40ClF3N10O3S/c1-20(2)32-38(17-52(32)37(55)53-19-46-35(54)49-53)8-3-4-10-50(16-38)34-23-12-25(40)28(22-6-7-26(42)31-27(22)24(14-44)33(45)57-31)29(43)30(23)47-36(48-34)56-18-39-9-5-11-51(39)15-21(41)13-39/h6-7,12,19-21,32H,3-5,8-11,13,15-18,45H2,1-2H3,(H,49,54)/t21-,32-,38-,39+/m1/s1. The minimum absolute atomic E-state index is 0.00149. The van der Waals surface area contributed by atoms with E-state index in [1.54, 1.807) is 11.0 Å². The summed E-state index contributed by atoms with van der Waals surface area (Å²) in [7, 11) is 0. The van der Waals surface area contributed by atoms with Crippen LogP contribution in [0.15, 0.2) is 24.5 Å². The number of hydrogen-bond donors (Lipinski definition) is 2. The first kappa shape index (κ1) is 37.6. The maximum absolute atomic E-state index is 17.4. The molecule has 1 amide bonds. The summed E-state index contributed by atoms with van der Waals surface area (Å²) in [4.78, 5) is 32.8. The van der Waals surface area contributed by atoms with E-state index in [9.17, 15) is 19.6 Å². The van der Waals surface area contributed by atoms with Gasteiger partial charge in [0.15, 0.2) is 5.82 Å². The number of likely N-dealkylation sites (tertiary alicyclic amines) is 1. The van der Waals surface area contributed by atoms with E-state index < -0.39 is 35.4 Å². The second kappa shape index (κ2) is 13.9. The molecule has 1 spiro atoms. The van der Waals surface area contributed by atoms with Gasteiger partial charge in [0.1, 0.15) is 47.3 Å². The summed E-state index contributed by atoms with van der Waals surface area (Å²) in [6.45, 7) is 6.77. The van der Waals surface area contributed by atoms with Gasteiger partial charge in [0.2, 0.25) is 0 Å². The van der Waals surface area contributed by atoms with Gasteiger partial charge in [0, 0.05) is 60.4 Å². The third kappa shape index (κ3) is 6.01. The molecule has 4 aliphatic rings. The van der Waals surface area contributed by atoms with E-state index in [-0.39, 0.29) is 72.3 Å². The largest absolute Gasteiger partial charge is 0.478 e. The number of aromatic hydroxyl groups is 1. The topological polar surface area (TPSA) is 163 Å². The van der Waals surface area contributed by atoms with Gasteiger partial charge < -0.3 is 25.4 Å². The molecule has 0 bridgehead atoms. The zero-order valence-corrected chi connectivity index (χ0v) is 32.9. The number of halogens is 4. The quantitative estimate of drug-likeness (QED) is 0.179. The first-order valence-electron chi connectivity index (χ1n) is 19.1. The lowest BCUT2D eigenvalue weighted by atomic mass is 9.64. The normalized spacial score (nSPS) is 25.0. The molecule has 4 saturated heterocycles. The Morgan fingerprint density at radius 3 is 2.77 bits per heavy atom. The Hall–Kier alpha value is -4.92. The van der Waals surface area contributed by atoms with Crippen LogP contribution in [0.5, 0.6) is 12.0 Å². The molecule has 3 aromatic heterocycles. The number of amides is 1. The van der Waals surface area contributed by atoms with Crippen LogP contribution in [0, 0.1) is 34.3 Å². The highest BCUT2D eigenvalue weighted by atomic mass is 35.5. The number of ether oxygens (including phenoxy) is 1. The highest BCUT2D eigenvalue weighted by Crippen LogP contribution is 2.50. The van der Waals surface area contributed by atoms with Crippen molar-refractivity contribution in [2.75, 3.05) is 50.0 Å². The molecule has 5 aromatic rings. The van der Waals surface area contributed by atoms with E-state index in [2.05, 4.69) is 38.7 Å². The Morgan fingerprint density at radius 2 is 2.02 bits per heavy atom. The summed E-state index contributed by atoms with van der Waals surface area (Å²) in [5.74, 6) is -0.960. The Morgan fingerprint density at radius 1 is 1.19 bits per heavy atom. The third-order valence-electron chi connectivity index (χ3n) is 12.4. The molecule has 13 nitrogen and oxygen atoms in total. The molecular weight excluding hydrogens is 781 g/mol. The molecule has 3 N–H and O–H groups in total. The fraction of sp³-hybridized carbons (Fsp3) is 0.487. The summed E-state index contributed by atoms with van der Waals surface area (Å²) in [6, 6.07) is 5.05. The molecule has 298 valence electrons. The highest BCUT2D eigenvalue weighted by molar-refractivity contribution is 7.23. The number of nitriles is 1. The molecule has 0 saturated carbocycles.